The molecule has 0 radical (unpaired) electrons. The van der Waals surface area contributed by atoms with Gasteiger partial charge in [-0.25, -0.2) is 10.0 Å². The standard InChI is InChI=1S/C11H26N10/c1-9(19-21(11(16)17)7-3-5-13)8-18-20(10(14)15)6-2-4-12/h8H,2-7,12-13H2,1H3,(H3,14,15)(H3,16,17). The zero-order chi connectivity index (χ0) is 16.3. The van der Waals surface area contributed by atoms with Crippen LogP contribution < -0.4 is 22.9 Å². The van der Waals surface area contributed by atoms with Gasteiger partial charge in [0.2, 0.25) is 11.9 Å². The first-order valence-corrected chi connectivity index (χ1v) is 6.64. The van der Waals surface area contributed by atoms with Crippen LogP contribution in [0.15, 0.2) is 10.2 Å². The molecule has 0 spiro atoms. The first-order chi connectivity index (χ1) is 9.92. The third kappa shape index (κ3) is 8.55. The molecule has 0 aromatic rings. The molecule has 0 aromatic heterocycles. The zero-order valence-electron chi connectivity index (χ0n) is 12.4. The van der Waals surface area contributed by atoms with E-state index >= 15 is 0 Å². The second kappa shape index (κ2) is 10.6. The highest BCUT2D eigenvalue weighted by atomic mass is 15.5. The molecule has 0 rings (SSSR count). The molecule has 0 amide bonds. The first kappa shape index (κ1) is 18.8. The molecule has 120 valence electrons. The summed E-state index contributed by atoms with van der Waals surface area (Å²) in [6.45, 7) is 3.61. The van der Waals surface area contributed by atoms with Crippen molar-refractivity contribution in [2.24, 2.45) is 33.1 Å². The Labute approximate surface area is 124 Å². The summed E-state index contributed by atoms with van der Waals surface area (Å²) in [5.74, 6) is -0.332. The van der Waals surface area contributed by atoms with Gasteiger partial charge in [0.15, 0.2) is 0 Å². The van der Waals surface area contributed by atoms with Gasteiger partial charge in [-0.05, 0) is 32.9 Å². The number of guanidine groups is 2. The lowest BCUT2D eigenvalue weighted by atomic mass is 10.4. The summed E-state index contributed by atoms with van der Waals surface area (Å²) < 4.78 is 0. The molecule has 0 aromatic carbocycles. The molecule has 0 saturated heterocycles. The lowest BCUT2D eigenvalue weighted by Gasteiger charge is -2.17. The Morgan fingerprint density at radius 3 is 1.90 bits per heavy atom. The van der Waals surface area contributed by atoms with Crippen molar-refractivity contribution in [1.82, 2.24) is 10.0 Å². The quantitative estimate of drug-likeness (QED) is 0.170. The molecule has 0 aliphatic carbocycles. The average molecular weight is 298 g/mol. The fourth-order valence-corrected chi connectivity index (χ4v) is 1.32. The summed E-state index contributed by atoms with van der Waals surface area (Å²) in [6.07, 6.45) is 2.79. The Morgan fingerprint density at radius 2 is 1.48 bits per heavy atom. The maximum absolute atomic E-state index is 7.43. The van der Waals surface area contributed by atoms with Gasteiger partial charge >= 0.3 is 0 Å². The van der Waals surface area contributed by atoms with Gasteiger partial charge in [0, 0.05) is 13.1 Å². The van der Waals surface area contributed by atoms with E-state index in [1.165, 1.54) is 16.2 Å². The number of hydrogen-bond acceptors (Lipinski definition) is 6. The SMILES string of the molecule is CC(C=NN(CCCN)C(=N)N)=NN(CCCN)C(=N)N. The zero-order valence-corrected chi connectivity index (χ0v) is 12.4. The smallest absolute Gasteiger partial charge is 0.209 e. The summed E-state index contributed by atoms with van der Waals surface area (Å²) >= 11 is 0. The molecular formula is C11H26N10. The maximum atomic E-state index is 7.43. The van der Waals surface area contributed by atoms with Crippen LogP contribution in [0, 0.1) is 10.8 Å². The van der Waals surface area contributed by atoms with E-state index in [2.05, 4.69) is 10.2 Å². The highest BCUT2D eigenvalue weighted by Crippen LogP contribution is 1.94. The van der Waals surface area contributed by atoms with Crippen LogP contribution in [0.3, 0.4) is 0 Å². The number of rotatable bonds is 9. The molecule has 0 aliphatic heterocycles. The summed E-state index contributed by atoms with van der Waals surface area (Å²) in [7, 11) is 0. The topological polar surface area (TPSA) is 183 Å². The fraction of sp³-hybridized carbons (Fsp3) is 0.636. The molecule has 0 saturated carbocycles. The predicted molar refractivity (Wildman–Crippen MR) is 86.2 cm³/mol. The van der Waals surface area contributed by atoms with Crippen LogP contribution in [0.4, 0.5) is 0 Å². The number of nitrogens with one attached hydrogen (secondary N) is 2. The molecule has 0 fully saturated rings. The highest BCUT2D eigenvalue weighted by molar-refractivity contribution is 6.29. The van der Waals surface area contributed by atoms with Crippen LogP contribution in [0.2, 0.25) is 0 Å². The number of hydrogen-bond donors (Lipinski definition) is 6. The Kier molecular flexibility index (Phi) is 9.46. The van der Waals surface area contributed by atoms with Crippen LogP contribution in [0.5, 0.6) is 0 Å². The second-order valence-electron chi connectivity index (χ2n) is 4.29. The van der Waals surface area contributed by atoms with E-state index in [0.717, 1.165) is 0 Å². The minimum absolute atomic E-state index is 0.164. The van der Waals surface area contributed by atoms with Crippen molar-refractivity contribution in [3.63, 3.8) is 0 Å². The summed E-state index contributed by atoms with van der Waals surface area (Å²) in [5.41, 5.74) is 22.2. The summed E-state index contributed by atoms with van der Waals surface area (Å²) in [5, 5.41) is 25.7. The van der Waals surface area contributed by atoms with Crippen molar-refractivity contribution >= 4 is 23.8 Å². The van der Waals surface area contributed by atoms with Crippen LogP contribution in [-0.2, 0) is 0 Å². The number of nitrogens with two attached hydrogens (primary N) is 4. The van der Waals surface area contributed by atoms with Crippen LogP contribution >= 0.6 is 0 Å². The van der Waals surface area contributed by atoms with E-state index in [9.17, 15) is 0 Å². The molecule has 0 atom stereocenters. The van der Waals surface area contributed by atoms with Crippen molar-refractivity contribution in [3.05, 3.63) is 0 Å². The minimum atomic E-state index is -0.168. The van der Waals surface area contributed by atoms with E-state index in [4.69, 9.17) is 33.8 Å². The first-order valence-electron chi connectivity index (χ1n) is 6.64. The average Bonchev–Trinajstić information content (AvgIpc) is 2.42. The molecular weight excluding hydrogens is 272 g/mol. The third-order valence-corrected chi connectivity index (χ3v) is 2.37. The Bertz CT molecular complexity index is 388. The lowest BCUT2D eigenvalue weighted by Crippen LogP contribution is -2.35. The van der Waals surface area contributed by atoms with Crippen molar-refractivity contribution in [1.29, 1.82) is 10.8 Å². The summed E-state index contributed by atoms with van der Waals surface area (Å²) in [6, 6.07) is 0. The maximum Gasteiger partial charge on any atom is 0.209 e. The fourth-order valence-electron chi connectivity index (χ4n) is 1.32. The Morgan fingerprint density at radius 1 is 1.00 bits per heavy atom. The van der Waals surface area contributed by atoms with Crippen LogP contribution in [0.1, 0.15) is 19.8 Å². The van der Waals surface area contributed by atoms with Crippen molar-refractivity contribution in [2.45, 2.75) is 19.8 Å². The molecule has 0 aliphatic rings. The van der Waals surface area contributed by atoms with E-state index in [1.54, 1.807) is 6.92 Å². The van der Waals surface area contributed by atoms with Crippen LogP contribution in [0.25, 0.3) is 0 Å². The van der Waals surface area contributed by atoms with E-state index in [-0.39, 0.29) is 11.9 Å². The Hall–Kier alpha value is -2.20. The van der Waals surface area contributed by atoms with Gasteiger partial charge in [-0.2, -0.15) is 10.2 Å². The molecule has 0 bridgehead atoms. The van der Waals surface area contributed by atoms with Crippen molar-refractivity contribution < 1.29 is 0 Å². The molecule has 0 heterocycles. The number of hydrazone groups is 2. The third-order valence-electron chi connectivity index (χ3n) is 2.37. The van der Waals surface area contributed by atoms with Gasteiger partial charge in [-0.15, -0.1) is 0 Å². The van der Waals surface area contributed by atoms with Crippen LogP contribution in [-0.4, -0.2) is 60.0 Å². The molecule has 21 heavy (non-hydrogen) atoms. The van der Waals surface area contributed by atoms with Crippen molar-refractivity contribution in [3.8, 4) is 0 Å². The predicted octanol–water partition coefficient (Wildman–Crippen LogP) is -1.56. The van der Waals surface area contributed by atoms with Gasteiger partial charge in [0.25, 0.3) is 0 Å². The highest BCUT2D eigenvalue weighted by Gasteiger charge is 2.05. The molecule has 0 unspecified atom stereocenters. The Balaban J connectivity index is 4.75. The van der Waals surface area contributed by atoms with Gasteiger partial charge in [-0.3, -0.25) is 10.8 Å². The van der Waals surface area contributed by atoms with Gasteiger partial charge < -0.3 is 22.9 Å². The van der Waals surface area contributed by atoms with E-state index < -0.39 is 0 Å². The normalized spacial score (nSPS) is 11.7. The summed E-state index contributed by atoms with van der Waals surface area (Å²) in [4.78, 5) is 0. The number of nitrogens with zero attached hydrogens (tertiary/aromatic N) is 4. The monoisotopic (exact) mass is 298 g/mol. The molecule has 10 heteroatoms. The largest absolute Gasteiger partial charge is 0.369 e. The lowest BCUT2D eigenvalue weighted by molar-refractivity contribution is 0.427. The van der Waals surface area contributed by atoms with Crippen molar-refractivity contribution in [2.75, 3.05) is 26.2 Å². The van der Waals surface area contributed by atoms with E-state index in [1.807, 2.05) is 0 Å². The molecule has 10 nitrogen and oxygen atoms in total. The van der Waals surface area contributed by atoms with Gasteiger partial charge in [-0.1, -0.05) is 0 Å². The second-order valence-corrected chi connectivity index (χ2v) is 4.29. The minimum Gasteiger partial charge on any atom is -0.369 e. The molecule has 10 N–H and O–H groups in total. The van der Waals surface area contributed by atoms with E-state index in [0.29, 0.717) is 44.7 Å². The van der Waals surface area contributed by atoms with Gasteiger partial charge in [0.05, 0.1) is 11.9 Å². The van der Waals surface area contributed by atoms with Gasteiger partial charge in [0.1, 0.15) is 0 Å².